The van der Waals surface area contributed by atoms with Gasteiger partial charge in [-0.15, -0.1) is 0 Å². The zero-order chi connectivity index (χ0) is 22.0. The van der Waals surface area contributed by atoms with Gasteiger partial charge in [0.05, 0.1) is 28.3 Å². The molecule has 1 aliphatic heterocycles. The summed E-state index contributed by atoms with van der Waals surface area (Å²) in [6, 6.07) is 16.7. The minimum absolute atomic E-state index is 0.0247. The van der Waals surface area contributed by atoms with Gasteiger partial charge in [0, 0.05) is 6.07 Å². The Bertz CT molecular complexity index is 1210. The molecule has 0 saturated carbocycles. The lowest BCUT2D eigenvalue weighted by molar-refractivity contribution is -0.118. The van der Waals surface area contributed by atoms with Crippen LogP contribution in [0, 0.1) is 6.92 Å². The van der Waals surface area contributed by atoms with E-state index in [1.54, 1.807) is 29.8 Å². The number of sulfone groups is 1. The number of hydrogen-bond donors (Lipinski definition) is 1. The van der Waals surface area contributed by atoms with Crippen LogP contribution in [0.15, 0.2) is 54.6 Å². The Balaban J connectivity index is 1.40. The lowest BCUT2D eigenvalue weighted by atomic mass is 10.1. The molecule has 0 radical (unpaired) electrons. The van der Waals surface area contributed by atoms with Crippen LogP contribution in [0.3, 0.4) is 0 Å². The van der Waals surface area contributed by atoms with Crippen LogP contribution in [0.25, 0.3) is 11.1 Å². The maximum Gasteiger partial charge on any atom is 0.263 e. The van der Waals surface area contributed by atoms with E-state index in [4.69, 9.17) is 16.3 Å². The molecule has 2 aromatic carbocycles. The van der Waals surface area contributed by atoms with E-state index in [1.165, 1.54) is 0 Å². The predicted molar refractivity (Wildman–Crippen MR) is 120 cm³/mol. The number of rotatable bonds is 6. The van der Waals surface area contributed by atoms with Crippen molar-refractivity contribution in [2.75, 3.05) is 23.4 Å². The molecule has 7 nitrogen and oxygen atoms in total. The zero-order valence-electron chi connectivity index (χ0n) is 16.9. The first-order valence-corrected chi connectivity index (χ1v) is 12.0. The largest absolute Gasteiger partial charge is 0.482 e. The molecular formula is C22H22ClN3O4S. The van der Waals surface area contributed by atoms with Crippen molar-refractivity contribution in [3.8, 4) is 16.9 Å². The van der Waals surface area contributed by atoms with Crippen LogP contribution >= 0.6 is 11.6 Å². The van der Waals surface area contributed by atoms with Crippen molar-refractivity contribution in [3.63, 3.8) is 0 Å². The van der Waals surface area contributed by atoms with Gasteiger partial charge >= 0.3 is 0 Å². The Morgan fingerprint density at radius 1 is 1.19 bits per heavy atom. The van der Waals surface area contributed by atoms with Crippen LogP contribution in [-0.4, -0.2) is 42.2 Å². The van der Waals surface area contributed by atoms with E-state index in [2.05, 4.69) is 10.4 Å². The highest BCUT2D eigenvalue weighted by atomic mass is 35.5. The summed E-state index contributed by atoms with van der Waals surface area (Å²) in [7, 11) is -3.07. The smallest absolute Gasteiger partial charge is 0.263 e. The zero-order valence-corrected chi connectivity index (χ0v) is 18.5. The van der Waals surface area contributed by atoms with Gasteiger partial charge < -0.3 is 10.1 Å². The fourth-order valence-electron chi connectivity index (χ4n) is 3.61. The van der Waals surface area contributed by atoms with Crippen LogP contribution in [0.1, 0.15) is 18.2 Å². The predicted octanol–water partition coefficient (Wildman–Crippen LogP) is 3.89. The summed E-state index contributed by atoms with van der Waals surface area (Å²) in [6.07, 6.45) is 0.478. The summed E-state index contributed by atoms with van der Waals surface area (Å²) in [6.45, 7) is 1.55. The molecule has 0 aliphatic carbocycles. The van der Waals surface area contributed by atoms with Gasteiger partial charge in [-0.2, -0.15) is 5.10 Å². The van der Waals surface area contributed by atoms with Gasteiger partial charge in [0.2, 0.25) is 0 Å². The second kappa shape index (κ2) is 8.72. The number of nitrogens with one attached hydrogen (secondary N) is 1. The Labute approximate surface area is 185 Å². The van der Waals surface area contributed by atoms with Crippen LogP contribution in [0.4, 0.5) is 5.82 Å². The van der Waals surface area contributed by atoms with Gasteiger partial charge in [0.1, 0.15) is 11.6 Å². The third-order valence-corrected chi connectivity index (χ3v) is 7.12. The lowest BCUT2D eigenvalue weighted by Gasteiger charge is -2.14. The number of amides is 1. The molecule has 1 atom stereocenters. The number of nitrogens with zero attached hydrogens (tertiary/aromatic N) is 2. The van der Waals surface area contributed by atoms with Crippen LogP contribution < -0.4 is 10.1 Å². The molecule has 1 fully saturated rings. The number of hydrogen-bond acceptors (Lipinski definition) is 5. The second-order valence-electron chi connectivity index (χ2n) is 7.52. The van der Waals surface area contributed by atoms with Crippen molar-refractivity contribution < 1.29 is 17.9 Å². The van der Waals surface area contributed by atoms with Crippen molar-refractivity contribution in [1.82, 2.24) is 9.78 Å². The average Bonchev–Trinajstić information content (AvgIpc) is 3.28. The standard InChI is InChI=1S/C22H22ClN3O4S/c1-15-11-21(26(25-15)18-9-10-31(28,29)14-18)24-22(27)13-30-20-8-7-17(12-19(20)23)16-5-3-2-4-6-16/h2-8,11-12,18H,9-10,13-14H2,1H3,(H,24,27). The molecule has 3 aromatic rings. The second-order valence-corrected chi connectivity index (χ2v) is 10.2. The topological polar surface area (TPSA) is 90.3 Å². The van der Waals surface area contributed by atoms with Crippen molar-refractivity contribution in [2.45, 2.75) is 19.4 Å². The maximum atomic E-state index is 12.5. The van der Waals surface area contributed by atoms with E-state index >= 15 is 0 Å². The first-order valence-electron chi connectivity index (χ1n) is 9.85. The SMILES string of the molecule is Cc1cc(NC(=O)COc2ccc(-c3ccccc3)cc2Cl)n(C2CCS(=O)(=O)C2)n1. The number of aromatic nitrogens is 2. The number of carbonyl (C=O) groups is 1. The number of aryl methyl sites for hydroxylation is 1. The highest BCUT2D eigenvalue weighted by Gasteiger charge is 2.31. The molecule has 2 heterocycles. The fourth-order valence-corrected chi connectivity index (χ4v) is 5.53. The molecule has 9 heteroatoms. The molecule has 1 N–H and O–H groups in total. The summed E-state index contributed by atoms with van der Waals surface area (Å²) in [5.74, 6) is 0.633. The van der Waals surface area contributed by atoms with E-state index in [9.17, 15) is 13.2 Å². The van der Waals surface area contributed by atoms with E-state index in [0.29, 0.717) is 28.7 Å². The molecule has 1 aromatic heterocycles. The van der Waals surface area contributed by atoms with Crippen LogP contribution in [0.5, 0.6) is 5.75 Å². The van der Waals surface area contributed by atoms with Crippen molar-refractivity contribution in [1.29, 1.82) is 0 Å². The van der Waals surface area contributed by atoms with Crippen LogP contribution in [-0.2, 0) is 14.6 Å². The molecule has 1 aliphatic rings. The molecule has 4 rings (SSSR count). The Kier molecular flexibility index (Phi) is 6.02. The molecule has 0 bridgehead atoms. The van der Waals surface area contributed by atoms with Crippen molar-refractivity contribution in [3.05, 3.63) is 65.3 Å². The maximum absolute atomic E-state index is 12.5. The molecule has 162 valence electrons. The summed E-state index contributed by atoms with van der Waals surface area (Å²) in [4.78, 5) is 12.5. The minimum atomic E-state index is -3.07. The van der Waals surface area contributed by atoms with E-state index in [0.717, 1.165) is 11.1 Å². The Hall–Kier alpha value is -2.84. The molecule has 1 amide bonds. The monoisotopic (exact) mass is 459 g/mol. The normalized spacial score (nSPS) is 17.4. The van der Waals surface area contributed by atoms with Crippen molar-refractivity contribution in [2.24, 2.45) is 0 Å². The number of ether oxygens (including phenoxy) is 1. The molecule has 31 heavy (non-hydrogen) atoms. The van der Waals surface area contributed by atoms with Gasteiger partial charge in [-0.05, 0) is 36.6 Å². The Morgan fingerprint density at radius 3 is 2.65 bits per heavy atom. The van der Waals surface area contributed by atoms with Gasteiger partial charge in [-0.3, -0.25) is 4.79 Å². The fraction of sp³-hybridized carbons (Fsp3) is 0.273. The molecule has 1 saturated heterocycles. The number of halogens is 1. The van der Waals surface area contributed by atoms with Crippen molar-refractivity contribution >= 4 is 33.2 Å². The number of benzene rings is 2. The average molecular weight is 460 g/mol. The third-order valence-electron chi connectivity index (χ3n) is 5.08. The van der Waals surface area contributed by atoms with Gasteiger partial charge in [-0.25, -0.2) is 13.1 Å². The van der Waals surface area contributed by atoms with E-state index in [1.807, 2.05) is 36.4 Å². The Morgan fingerprint density at radius 2 is 1.97 bits per heavy atom. The van der Waals surface area contributed by atoms with Gasteiger partial charge in [0.15, 0.2) is 16.4 Å². The summed E-state index contributed by atoms with van der Waals surface area (Å²) >= 11 is 6.34. The molecule has 0 spiro atoms. The van der Waals surface area contributed by atoms with E-state index < -0.39 is 9.84 Å². The first kappa shape index (κ1) is 21.4. The lowest BCUT2D eigenvalue weighted by Crippen LogP contribution is -2.24. The quantitative estimate of drug-likeness (QED) is 0.604. The van der Waals surface area contributed by atoms with Gasteiger partial charge in [-0.1, -0.05) is 48.0 Å². The van der Waals surface area contributed by atoms with E-state index in [-0.39, 0.29) is 30.1 Å². The molecular weight excluding hydrogens is 438 g/mol. The summed E-state index contributed by atoms with van der Waals surface area (Å²) < 4.78 is 30.8. The molecule has 1 unspecified atom stereocenters. The van der Waals surface area contributed by atoms with Gasteiger partial charge in [0.25, 0.3) is 5.91 Å². The number of anilines is 1. The highest BCUT2D eigenvalue weighted by Crippen LogP contribution is 2.31. The summed E-state index contributed by atoms with van der Waals surface area (Å²) in [5.41, 5.74) is 2.68. The minimum Gasteiger partial charge on any atom is -0.482 e. The summed E-state index contributed by atoms with van der Waals surface area (Å²) in [5, 5.41) is 7.53. The number of carbonyl (C=O) groups excluding carboxylic acids is 1. The first-order chi connectivity index (χ1) is 14.8. The third kappa shape index (κ3) is 5.08. The highest BCUT2D eigenvalue weighted by molar-refractivity contribution is 7.91. The van der Waals surface area contributed by atoms with Crippen LogP contribution in [0.2, 0.25) is 5.02 Å².